The van der Waals surface area contributed by atoms with E-state index in [1.54, 1.807) is 0 Å². The molecular weight excluding hydrogens is 677 g/mol. The van der Waals surface area contributed by atoms with Crippen LogP contribution in [-0.4, -0.2) is 6.10 Å². The largest absolute Gasteiger partial charge is 0.485 e. The van der Waals surface area contributed by atoms with Gasteiger partial charge in [-0.3, -0.25) is 0 Å². The summed E-state index contributed by atoms with van der Waals surface area (Å²) in [7, 11) is 0. The Morgan fingerprint density at radius 2 is 1.00 bits per heavy atom. The third-order valence-electron chi connectivity index (χ3n) is 12.7. The van der Waals surface area contributed by atoms with Crippen LogP contribution in [0.1, 0.15) is 28.2 Å². The zero-order chi connectivity index (χ0) is 36.8. The van der Waals surface area contributed by atoms with E-state index >= 15 is 0 Å². The molecule has 0 saturated heterocycles. The topological polar surface area (TPSA) is 9.23 Å². The molecule has 0 saturated carbocycles. The maximum absolute atomic E-state index is 6.79. The molecule has 0 radical (unpaired) electrons. The van der Waals surface area contributed by atoms with Gasteiger partial charge in [0.1, 0.15) is 11.9 Å². The van der Waals surface area contributed by atoms with Crippen LogP contribution in [0.4, 0.5) is 0 Å². The summed E-state index contributed by atoms with van der Waals surface area (Å²) in [5.41, 5.74) is 13.6. The summed E-state index contributed by atoms with van der Waals surface area (Å²) in [6.07, 6.45) is 6.79. The minimum absolute atomic E-state index is 0.00548. The Balaban J connectivity index is 1.05. The first-order chi connectivity index (χ1) is 27.8. The van der Waals surface area contributed by atoms with E-state index < -0.39 is 5.41 Å². The molecule has 1 heterocycles. The summed E-state index contributed by atoms with van der Waals surface area (Å²) >= 11 is 0. The van der Waals surface area contributed by atoms with Crippen molar-refractivity contribution < 1.29 is 4.74 Å². The second-order valence-electron chi connectivity index (χ2n) is 15.4. The lowest BCUT2D eigenvalue weighted by Gasteiger charge is -2.37. The second-order valence-corrected chi connectivity index (χ2v) is 15.4. The van der Waals surface area contributed by atoms with Crippen LogP contribution in [0.25, 0.3) is 65.7 Å². The number of hydrogen-bond acceptors (Lipinski definition) is 1. The van der Waals surface area contributed by atoms with Crippen molar-refractivity contribution in [3.05, 3.63) is 234 Å². The number of allylic oxidation sites excluding steroid dienone is 2. The molecule has 9 aromatic rings. The van der Waals surface area contributed by atoms with E-state index in [9.17, 15) is 0 Å². The first-order valence-electron chi connectivity index (χ1n) is 19.7. The van der Waals surface area contributed by atoms with Crippen molar-refractivity contribution in [3.8, 4) is 39.1 Å². The van der Waals surface area contributed by atoms with Gasteiger partial charge in [0, 0.05) is 5.56 Å². The maximum atomic E-state index is 6.79. The SMILES string of the molecule is C1=CC2Oc3cc(-c4ccc(-c5c6ccccc6c(-c6cccc7ccccc67)c6ccccc56)cc4)cc4c3C2C(=C1)C4(c1ccccc1)c1ccccc1. The van der Waals surface area contributed by atoms with Gasteiger partial charge in [-0.25, -0.2) is 0 Å². The molecule has 2 atom stereocenters. The van der Waals surface area contributed by atoms with Crippen molar-refractivity contribution in [1.82, 2.24) is 0 Å². The van der Waals surface area contributed by atoms with E-state index in [2.05, 4.69) is 206 Å². The standard InChI is InChI=1S/C55H36O/c1-3-17-39(18-4-1)55(40-19-5-2-6-20-40)47-27-14-28-49-53(47)54-48(55)33-38(34-50(54)56-49)35-29-31-37(32-30-35)51-43-22-9-11-24-45(43)52(46-25-12-10-23-44(46)51)42-26-13-16-36-15-7-8-21-41(36)42/h1-34,49,53H. The highest BCUT2D eigenvalue weighted by Crippen LogP contribution is 2.64. The Hall–Kier alpha value is -6.96. The number of ether oxygens (including phenoxy) is 1. The van der Waals surface area contributed by atoms with Crippen LogP contribution in [0.3, 0.4) is 0 Å². The molecule has 0 amide bonds. The van der Waals surface area contributed by atoms with E-state index in [1.807, 2.05) is 0 Å². The molecule has 0 aromatic heterocycles. The molecule has 12 rings (SSSR count). The molecule has 9 aromatic carbocycles. The normalized spacial score (nSPS) is 17.2. The average Bonchev–Trinajstić information content (AvgIpc) is 3.81. The summed E-state index contributed by atoms with van der Waals surface area (Å²) in [5.74, 6) is 1.20. The predicted octanol–water partition coefficient (Wildman–Crippen LogP) is 13.8. The maximum Gasteiger partial charge on any atom is 0.128 e. The zero-order valence-corrected chi connectivity index (χ0v) is 30.7. The molecule has 1 heteroatoms. The molecule has 2 aliphatic carbocycles. The van der Waals surface area contributed by atoms with Crippen LogP contribution in [0, 0.1) is 0 Å². The smallest absolute Gasteiger partial charge is 0.128 e. The third-order valence-corrected chi connectivity index (χ3v) is 12.7. The number of benzene rings is 9. The van der Waals surface area contributed by atoms with E-state index in [4.69, 9.17) is 4.74 Å². The Labute approximate surface area is 326 Å². The molecular formula is C55H36O. The summed E-state index contributed by atoms with van der Waals surface area (Å²) in [6.45, 7) is 0. The average molecular weight is 713 g/mol. The Morgan fingerprint density at radius 1 is 0.446 bits per heavy atom. The molecule has 0 bridgehead atoms. The molecule has 262 valence electrons. The highest BCUT2D eigenvalue weighted by atomic mass is 16.5. The van der Waals surface area contributed by atoms with E-state index in [1.165, 1.54) is 93.5 Å². The van der Waals surface area contributed by atoms with Crippen molar-refractivity contribution in [2.24, 2.45) is 0 Å². The molecule has 3 aliphatic rings. The van der Waals surface area contributed by atoms with Gasteiger partial charge < -0.3 is 4.74 Å². The van der Waals surface area contributed by atoms with Gasteiger partial charge in [0.15, 0.2) is 0 Å². The first kappa shape index (κ1) is 31.4. The van der Waals surface area contributed by atoms with E-state index in [-0.39, 0.29) is 12.0 Å². The van der Waals surface area contributed by atoms with Crippen molar-refractivity contribution in [3.63, 3.8) is 0 Å². The van der Waals surface area contributed by atoms with Gasteiger partial charge in [0.2, 0.25) is 0 Å². The highest BCUT2D eigenvalue weighted by molar-refractivity contribution is 6.23. The van der Waals surface area contributed by atoms with Gasteiger partial charge in [-0.15, -0.1) is 0 Å². The Bertz CT molecular complexity index is 2990. The Morgan fingerprint density at radius 3 is 1.66 bits per heavy atom. The molecule has 1 aliphatic heterocycles. The molecule has 0 N–H and O–H groups in total. The van der Waals surface area contributed by atoms with Crippen LogP contribution in [0.2, 0.25) is 0 Å². The fraction of sp³-hybridized carbons (Fsp3) is 0.0545. The quantitative estimate of drug-likeness (QED) is 0.161. The lowest BCUT2D eigenvalue weighted by Crippen LogP contribution is -2.32. The minimum Gasteiger partial charge on any atom is -0.485 e. The van der Waals surface area contributed by atoms with Gasteiger partial charge in [0.05, 0.1) is 11.3 Å². The summed E-state index contributed by atoms with van der Waals surface area (Å²) < 4.78 is 6.79. The predicted molar refractivity (Wildman–Crippen MR) is 232 cm³/mol. The van der Waals surface area contributed by atoms with Crippen molar-refractivity contribution >= 4 is 32.3 Å². The number of rotatable bonds is 5. The van der Waals surface area contributed by atoms with Crippen LogP contribution in [0.15, 0.2) is 212 Å². The van der Waals surface area contributed by atoms with Crippen molar-refractivity contribution in [2.45, 2.75) is 17.4 Å². The molecule has 2 unspecified atom stereocenters. The molecule has 1 nitrogen and oxygen atoms in total. The summed E-state index contributed by atoms with van der Waals surface area (Å²) in [4.78, 5) is 0. The van der Waals surface area contributed by atoms with Gasteiger partial charge in [-0.1, -0.05) is 188 Å². The van der Waals surface area contributed by atoms with Crippen LogP contribution >= 0.6 is 0 Å². The van der Waals surface area contributed by atoms with Crippen molar-refractivity contribution in [2.75, 3.05) is 0 Å². The lowest BCUT2D eigenvalue weighted by atomic mass is 9.65. The number of hydrogen-bond donors (Lipinski definition) is 0. The molecule has 0 spiro atoms. The summed E-state index contributed by atoms with van der Waals surface area (Å²) in [5, 5.41) is 7.58. The summed E-state index contributed by atoms with van der Waals surface area (Å²) in [6, 6.07) is 69.4. The van der Waals surface area contributed by atoms with Gasteiger partial charge in [-0.05, 0) is 106 Å². The van der Waals surface area contributed by atoms with Crippen LogP contribution in [0.5, 0.6) is 5.75 Å². The third kappa shape index (κ3) is 4.31. The van der Waals surface area contributed by atoms with Gasteiger partial charge in [0.25, 0.3) is 0 Å². The fourth-order valence-electron chi connectivity index (χ4n) is 10.5. The second kappa shape index (κ2) is 12.0. The van der Waals surface area contributed by atoms with Gasteiger partial charge in [-0.2, -0.15) is 0 Å². The van der Waals surface area contributed by atoms with Crippen molar-refractivity contribution in [1.29, 1.82) is 0 Å². The first-order valence-corrected chi connectivity index (χ1v) is 19.7. The highest BCUT2D eigenvalue weighted by Gasteiger charge is 2.57. The zero-order valence-electron chi connectivity index (χ0n) is 30.7. The minimum atomic E-state index is -0.413. The Kier molecular flexibility index (Phi) is 6.74. The van der Waals surface area contributed by atoms with Gasteiger partial charge >= 0.3 is 0 Å². The van der Waals surface area contributed by atoms with Crippen LogP contribution < -0.4 is 4.74 Å². The van der Waals surface area contributed by atoms with E-state index in [0.717, 1.165) is 5.75 Å². The van der Waals surface area contributed by atoms with E-state index in [0.29, 0.717) is 0 Å². The lowest BCUT2D eigenvalue weighted by molar-refractivity contribution is 0.261. The monoisotopic (exact) mass is 712 g/mol. The fourth-order valence-corrected chi connectivity index (χ4v) is 10.5. The number of fused-ring (bicyclic) bond motifs is 3. The molecule has 56 heavy (non-hydrogen) atoms. The molecule has 0 fully saturated rings. The van der Waals surface area contributed by atoms with Crippen LogP contribution in [-0.2, 0) is 5.41 Å².